The van der Waals surface area contributed by atoms with Crippen molar-refractivity contribution in [1.82, 2.24) is 9.80 Å². The van der Waals surface area contributed by atoms with Crippen LogP contribution in [-0.4, -0.2) is 53.7 Å². The van der Waals surface area contributed by atoms with Gasteiger partial charge in [-0.25, -0.2) is 0 Å². The lowest BCUT2D eigenvalue weighted by Crippen LogP contribution is -2.50. The van der Waals surface area contributed by atoms with Gasteiger partial charge in [0, 0.05) is 43.7 Å². The van der Waals surface area contributed by atoms with Crippen molar-refractivity contribution < 1.29 is 14.4 Å². The fourth-order valence-corrected chi connectivity index (χ4v) is 3.93. The van der Waals surface area contributed by atoms with Gasteiger partial charge in [-0.15, -0.1) is 0 Å². The number of hydrogen-bond donors (Lipinski definition) is 1. The van der Waals surface area contributed by atoms with E-state index >= 15 is 0 Å². The van der Waals surface area contributed by atoms with Crippen LogP contribution >= 0.6 is 0 Å². The molecule has 2 aliphatic rings. The van der Waals surface area contributed by atoms with Crippen LogP contribution in [0.4, 0.5) is 0 Å². The molecule has 0 atom stereocenters. The molecule has 2 N–H and O–H groups in total. The van der Waals surface area contributed by atoms with Gasteiger partial charge in [0.2, 0.25) is 11.8 Å². The summed E-state index contributed by atoms with van der Waals surface area (Å²) in [5.41, 5.74) is 6.07. The van der Waals surface area contributed by atoms with Crippen LogP contribution in [0, 0.1) is 5.92 Å². The molecule has 1 aliphatic heterocycles. The lowest BCUT2D eigenvalue weighted by Gasteiger charge is -2.35. The number of rotatable bonds is 5. The third kappa shape index (κ3) is 4.42. The molecule has 140 valence electrons. The molecule has 0 radical (unpaired) electrons. The maximum Gasteiger partial charge on any atom is 0.253 e. The van der Waals surface area contributed by atoms with Crippen LogP contribution in [0.5, 0.6) is 0 Å². The first-order valence-electron chi connectivity index (χ1n) is 9.51. The number of benzene rings is 1. The molecule has 0 aromatic heterocycles. The van der Waals surface area contributed by atoms with Crippen molar-refractivity contribution in [2.45, 2.75) is 38.5 Å². The molecule has 1 aromatic rings. The first-order valence-corrected chi connectivity index (χ1v) is 9.51. The van der Waals surface area contributed by atoms with Crippen LogP contribution in [0.25, 0.3) is 0 Å². The van der Waals surface area contributed by atoms with E-state index < -0.39 is 5.91 Å². The lowest BCUT2D eigenvalue weighted by molar-refractivity contribution is -0.133. The molecular formula is C20H27N3O3. The second-order valence-electron chi connectivity index (χ2n) is 7.31. The van der Waals surface area contributed by atoms with E-state index in [1.54, 1.807) is 23.1 Å². The van der Waals surface area contributed by atoms with Crippen molar-refractivity contribution in [2.24, 2.45) is 11.7 Å². The molecular weight excluding hydrogens is 330 g/mol. The zero-order chi connectivity index (χ0) is 18.5. The summed E-state index contributed by atoms with van der Waals surface area (Å²) in [4.78, 5) is 39.9. The molecule has 6 nitrogen and oxygen atoms in total. The highest BCUT2D eigenvalue weighted by atomic mass is 16.2. The molecule has 26 heavy (non-hydrogen) atoms. The Labute approximate surface area is 154 Å². The molecule has 0 unspecified atom stereocenters. The van der Waals surface area contributed by atoms with Crippen LogP contribution in [0.2, 0.25) is 0 Å². The number of primary amides is 1. The highest BCUT2D eigenvalue weighted by Gasteiger charge is 2.26. The second kappa shape index (κ2) is 8.34. The summed E-state index contributed by atoms with van der Waals surface area (Å²) in [6.07, 6.45) is 6.75. The number of piperazine rings is 1. The average molecular weight is 357 g/mol. The molecule has 1 saturated heterocycles. The van der Waals surface area contributed by atoms with Gasteiger partial charge >= 0.3 is 0 Å². The summed E-state index contributed by atoms with van der Waals surface area (Å²) in [6, 6.07) is 6.48. The first kappa shape index (κ1) is 18.4. The fourth-order valence-electron chi connectivity index (χ4n) is 3.93. The Bertz CT molecular complexity index is 675. The molecule has 1 saturated carbocycles. The highest BCUT2D eigenvalue weighted by Crippen LogP contribution is 2.28. The number of hydrogen-bond acceptors (Lipinski definition) is 3. The van der Waals surface area contributed by atoms with E-state index in [1.165, 1.54) is 31.7 Å². The van der Waals surface area contributed by atoms with Crippen molar-refractivity contribution in [3.8, 4) is 0 Å². The highest BCUT2D eigenvalue weighted by molar-refractivity contribution is 5.99. The third-order valence-electron chi connectivity index (χ3n) is 5.55. The van der Waals surface area contributed by atoms with Crippen molar-refractivity contribution >= 4 is 17.7 Å². The average Bonchev–Trinajstić information content (AvgIpc) is 3.19. The quantitative estimate of drug-likeness (QED) is 0.875. The second-order valence-corrected chi connectivity index (χ2v) is 7.31. The van der Waals surface area contributed by atoms with Crippen molar-refractivity contribution in [2.75, 3.05) is 26.2 Å². The Kier molecular flexibility index (Phi) is 5.91. The topological polar surface area (TPSA) is 83.7 Å². The van der Waals surface area contributed by atoms with Crippen molar-refractivity contribution in [1.29, 1.82) is 0 Å². The Morgan fingerprint density at radius 2 is 1.58 bits per heavy atom. The summed E-state index contributed by atoms with van der Waals surface area (Å²) in [6.45, 7) is 2.19. The predicted molar refractivity (Wildman–Crippen MR) is 98.6 cm³/mol. The maximum atomic E-state index is 12.6. The monoisotopic (exact) mass is 357 g/mol. The van der Waals surface area contributed by atoms with E-state index in [9.17, 15) is 14.4 Å². The number of amides is 3. The normalized spacial score (nSPS) is 18.2. The van der Waals surface area contributed by atoms with E-state index in [2.05, 4.69) is 0 Å². The maximum absolute atomic E-state index is 12.6. The predicted octanol–water partition coefficient (Wildman–Crippen LogP) is 2.04. The van der Waals surface area contributed by atoms with E-state index in [1.807, 2.05) is 4.90 Å². The Morgan fingerprint density at radius 3 is 2.23 bits per heavy atom. The van der Waals surface area contributed by atoms with Gasteiger partial charge in [-0.1, -0.05) is 31.7 Å². The molecule has 0 spiro atoms. The van der Waals surface area contributed by atoms with Crippen molar-refractivity contribution in [3.05, 3.63) is 35.4 Å². The first-order chi connectivity index (χ1) is 12.5. The number of carbonyl (C=O) groups excluding carboxylic acids is 3. The summed E-state index contributed by atoms with van der Waals surface area (Å²) in [7, 11) is 0. The largest absolute Gasteiger partial charge is 0.366 e. The van der Waals surface area contributed by atoms with Crippen molar-refractivity contribution in [3.63, 3.8) is 0 Å². The van der Waals surface area contributed by atoms with E-state index in [-0.39, 0.29) is 11.8 Å². The molecule has 3 rings (SSSR count). The van der Waals surface area contributed by atoms with Gasteiger partial charge in [0.05, 0.1) is 0 Å². The van der Waals surface area contributed by atoms with E-state index in [0.717, 1.165) is 12.3 Å². The molecule has 1 heterocycles. The smallest absolute Gasteiger partial charge is 0.253 e. The minimum atomic E-state index is -0.544. The fraction of sp³-hybridized carbons (Fsp3) is 0.550. The molecule has 0 bridgehead atoms. The standard InChI is InChI=1S/C20H27N3O3/c21-19(25)16-6-3-7-17(14-16)20(26)23-12-10-22(11-13-23)18(24)9-8-15-4-1-2-5-15/h3,6-7,14-15H,1-2,4-5,8-13H2,(H2,21,25). The van der Waals surface area contributed by atoms with Crippen LogP contribution < -0.4 is 5.73 Å². The molecule has 1 aromatic carbocycles. The van der Waals surface area contributed by atoms with Gasteiger partial charge in [-0.05, 0) is 30.5 Å². The van der Waals surface area contributed by atoms with Crippen LogP contribution in [0.1, 0.15) is 59.2 Å². The minimum absolute atomic E-state index is 0.119. The van der Waals surface area contributed by atoms with Crippen LogP contribution in [-0.2, 0) is 4.79 Å². The van der Waals surface area contributed by atoms with Crippen LogP contribution in [0.3, 0.4) is 0 Å². The minimum Gasteiger partial charge on any atom is -0.366 e. The molecule has 1 aliphatic carbocycles. The zero-order valence-corrected chi connectivity index (χ0v) is 15.2. The van der Waals surface area contributed by atoms with Gasteiger partial charge in [0.1, 0.15) is 0 Å². The zero-order valence-electron chi connectivity index (χ0n) is 15.2. The number of carbonyl (C=O) groups is 3. The van der Waals surface area contributed by atoms with E-state index in [0.29, 0.717) is 43.7 Å². The number of nitrogens with zero attached hydrogens (tertiary/aromatic N) is 2. The summed E-state index contributed by atoms with van der Waals surface area (Å²) >= 11 is 0. The van der Waals surface area contributed by atoms with Gasteiger partial charge < -0.3 is 15.5 Å². The molecule has 3 amide bonds. The molecule has 2 fully saturated rings. The van der Waals surface area contributed by atoms with Crippen LogP contribution in [0.15, 0.2) is 24.3 Å². The van der Waals surface area contributed by atoms with Gasteiger partial charge in [0.25, 0.3) is 5.91 Å². The number of nitrogens with two attached hydrogens (primary N) is 1. The van der Waals surface area contributed by atoms with Gasteiger partial charge in [-0.3, -0.25) is 14.4 Å². The SMILES string of the molecule is NC(=O)c1cccc(C(=O)N2CCN(C(=O)CCC3CCCC3)CC2)c1. The summed E-state index contributed by atoms with van der Waals surface area (Å²) in [5.74, 6) is 0.266. The Hall–Kier alpha value is -2.37. The molecule has 6 heteroatoms. The van der Waals surface area contributed by atoms with Gasteiger partial charge in [0.15, 0.2) is 0 Å². The summed E-state index contributed by atoms with van der Waals surface area (Å²) < 4.78 is 0. The third-order valence-corrected chi connectivity index (χ3v) is 5.55. The van der Waals surface area contributed by atoms with E-state index in [4.69, 9.17) is 5.73 Å². The Balaban J connectivity index is 1.49. The Morgan fingerprint density at radius 1 is 0.962 bits per heavy atom. The summed E-state index contributed by atoms with van der Waals surface area (Å²) in [5, 5.41) is 0. The lowest BCUT2D eigenvalue weighted by atomic mass is 10.0. The van der Waals surface area contributed by atoms with Gasteiger partial charge in [-0.2, -0.15) is 0 Å².